The second kappa shape index (κ2) is 8.87. The van der Waals surface area contributed by atoms with E-state index in [1.807, 2.05) is 50.5 Å². The van der Waals surface area contributed by atoms with Crippen molar-refractivity contribution in [2.45, 2.75) is 6.04 Å². The number of hydrogen-bond acceptors (Lipinski definition) is 3. The van der Waals surface area contributed by atoms with E-state index in [1.54, 1.807) is 7.11 Å². The molecule has 0 bridgehead atoms. The first-order valence-corrected chi connectivity index (χ1v) is 8.39. The first kappa shape index (κ1) is 18.5. The van der Waals surface area contributed by atoms with E-state index >= 15 is 0 Å². The number of nitrogens with one attached hydrogen (secondary N) is 2. The zero-order valence-corrected chi connectivity index (χ0v) is 15.6. The number of ether oxygens (including phenoxy) is 1. The van der Waals surface area contributed by atoms with Crippen molar-refractivity contribution in [1.82, 2.24) is 10.2 Å². The van der Waals surface area contributed by atoms with Gasteiger partial charge in [0.15, 0.2) is 5.11 Å². The summed E-state index contributed by atoms with van der Waals surface area (Å²) in [6, 6.07) is 15.7. The molecular weight excluding hydrogens is 342 g/mol. The number of likely N-dealkylation sites (N-methyl/N-ethyl adjacent to an activating group) is 1. The normalized spacial score (nSPS) is 11.9. The molecule has 0 spiro atoms. The average molecular weight is 364 g/mol. The van der Waals surface area contributed by atoms with E-state index in [0.717, 1.165) is 11.4 Å². The molecule has 2 rings (SSSR count). The van der Waals surface area contributed by atoms with Crippen molar-refractivity contribution in [2.75, 3.05) is 33.1 Å². The van der Waals surface area contributed by atoms with Crippen molar-refractivity contribution >= 4 is 34.6 Å². The van der Waals surface area contributed by atoms with Gasteiger partial charge >= 0.3 is 0 Å². The minimum Gasteiger partial charge on any atom is -0.497 e. The highest BCUT2D eigenvalue weighted by molar-refractivity contribution is 7.80. The number of thiocarbonyl (C=S) groups is 1. The molecule has 0 radical (unpaired) electrons. The SMILES string of the molecule is COc1ccc([C@@H](CNC(=S)Nc2ccc(Cl)cc2)N(C)C)cc1. The maximum Gasteiger partial charge on any atom is 0.170 e. The van der Waals surface area contributed by atoms with Crippen molar-refractivity contribution in [1.29, 1.82) is 0 Å². The van der Waals surface area contributed by atoms with Gasteiger partial charge in [0.25, 0.3) is 0 Å². The number of anilines is 1. The Hall–Kier alpha value is -1.82. The van der Waals surface area contributed by atoms with Gasteiger partial charge in [-0.05, 0) is 68.3 Å². The third-order valence-corrected chi connectivity index (χ3v) is 4.18. The molecule has 0 aromatic heterocycles. The van der Waals surface area contributed by atoms with Crippen LogP contribution in [0.4, 0.5) is 5.69 Å². The van der Waals surface area contributed by atoms with E-state index in [-0.39, 0.29) is 6.04 Å². The number of hydrogen-bond donors (Lipinski definition) is 2. The predicted molar refractivity (Wildman–Crippen MR) is 105 cm³/mol. The van der Waals surface area contributed by atoms with E-state index in [1.165, 1.54) is 5.56 Å². The van der Waals surface area contributed by atoms with E-state index < -0.39 is 0 Å². The van der Waals surface area contributed by atoms with Crippen LogP contribution in [0.25, 0.3) is 0 Å². The Labute approximate surface area is 153 Å². The van der Waals surface area contributed by atoms with Gasteiger partial charge in [-0.15, -0.1) is 0 Å². The molecule has 0 aliphatic heterocycles. The van der Waals surface area contributed by atoms with Crippen molar-refractivity contribution in [3.8, 4) is 5.75 Å². The molecule has 2 aromatic rings. The molecule has 2 aromatic carbocycles. The smallest absolute Gasteiger partial charge is 0.170 e. The third-order valence-electron chi connectivity index (χ3n) is 3.68. The summed E-state index contributed by atoms with van der Waals surface area (Å²) in [5, 5.41) is 7.71. The van der Waals surface area contributed by atoms with Crippen LogP contribution in [0.15, 0.2) is 48.5 Å². The fraction of sp³-hybridized carbons (Fsp3) is 0.278. The molecule has 0 saturated carbocycles. The summed E-state index contributed by atoms with van der Waals surface area (Å²) in [6.07, 6.45) is 0. The number of benzene rings is 2. The van der Waals surface area contributed by atoms with E-state index in [2.05, 4.69) is 27.7 Å². The first-order chi connectivity index (χ1) is 11.5. The van der Waals surface area contributed by atoms with Crippen LogP contribution in [0.2, 0.25) is 5.02 Å². The summed E-state index contributed by atoms with van der Waals surface area (Å²) in [5.74, 6) is 0.851. The van der Waals surface area contributed by atoms with Gasteiger partial charge in [-0.25, -0.2) is 0 Å². The highest BCUT2D eigenvalue weighted by atomic mass is 35.5. The van der Waals surface area contributed by atoms with Crippen molar-refractivity contribution in [2.24, 2.45) is 0 Å². The van der Waals surface area contributed by atoms with Crippen LogP contribution >= 0.6 is 23.8 Å². The minimum atomic E-state index is 0.195. The molecule has 0 aliphatic rings. The maximum absolute atomic E-state index is 5.88. The number of rotatable bonds is 6. The molecule has 0 unspecified atom stereocenters. The molecule has 128 valence electrons. The fourth-order valence-electron chi connectivity index (χ4n) is 2.32. The van der Waals surface area contributed by atoms with Crippen molar-refractivity contribution < 1.29 is 4.74 Å². The summed E-state index contributed by atoms with van der Waals surface area (Å²) in [4.78, 5) is 2.15. The molecule has 4 nitrogen and oxygen atoms in total. The molecule has 24 heavy (non-hydrogen) atoms. The quantitative estimate of drug-likeness (QED) is 0.760. The third kappa shape index (κ3) is 5.37. The fourth-order valence-corrected chi connectivity index (χ4v) is 2.65. The Morgan fingerprint density at radius 2 is 1.75 bits per heavy atom. The van der Waals surface area contributed by atoms with Crippen LogP contribution in [0.3, 0.4) is 0 Å². The molecule has 0 amide bonds. The Bertz CT molecular complexity index is 659. The summed E-state index contributed by atoms with van der Waals surface area (Å²) >= 11 is 11.3. The Morgan fingerprint density at radius 3 is 2.29 bits per heavy atom. The van der Waals surface area contributed by atoms with Crippen LogP contribution in [0.5, 0.6) is 5.75 Å². The van der Waals surface area contributed by atoms with Gasteiger partial charge in [-0.1, -0.05) is 23.7 Å². The first-order valence-electron chi connectivity index (χ1n) is 7.60. The Balaban J connectivity index is 1.95. The monoisotopic (exact) mass is 363 g/mol. The summed E-state index contributed by atoms with van der Waals surface area (Å²) in [5.41, 5.74) is 2.10. The minimum absolute atomic E-state index is 0.195. The van der Waals surface area contributed by atoms with Gasteiger partial charge in [0.05, 0.1) is 13.2 Å². The number of methoxy groups -OCH3 is 1. The Kier molecular flexibility index (Phi) is 6.85. The summed E-state index contributed by atoms with van der Waals surface area (Å²) in [7, 11) is 5.76. The van der Waals surface area contributed by atoms with Crippen molar-refractivity contribution in [3.05, 3.63) is 59.1 Å². The number of halogens is 1. The van der Waals surface area contributed by atoms with Crippen LogP contribution < -0.4 is 15.4 Å². The van der Waals surface area contributed by atoms with Crippen molar-refractivity contribution in [3.63, 3.8) is 0 Å². The van der Waals surface area contributed by atoms with Crippen LogP contribution in [0.1, 0.15) is 11.6 Å². The maximum atomic E-state index is 5.88. The second-order valence-electron chi connectivity index (χ2n) is 5.59. The molecule has 6 heteroatoms. The molecule has 0 aliphatic carbocycles. The number of nitrogens with zero attached hydrogens (tertiary/aromatic N) is 1. The summed E-state index contributed by atoms with van der Waals surface area (Å²) < 4.78 is 5.21. The molecule has 0 saturated heterocycles. The lowest BCUT2D eigenvalue weighted by Crippen LogP contribution is -2.36. The zero-order chi connectivity index (χ0) is 17.5. The summed E-state index contributed by atoms with van der Waals surface area (Å²) in [6.45, 7) is 0.693. The average Bonchev–Trinajstić information content (AvgIpc) is 2.57. The lowest BCUT2D eigenvalue weighted by molar-refractivity contribution is 0.299. The van der Waals surface area contributed by atoms with Gasteiger partial charge in [-0.2, -0.15) is 0 Å². The molecule has 1 atom stereocenters. The lowest BCUT2D eigenvalue weighted by atomic mass is 10.1. The van der Waals surface area contributed by atoms with E-state index in [9.17, 15) is 0 Å². The second-order valence-corrected chi connectivity index (χ2v) is 6.44. The predicted octanol–water partition coefficient (Wildman–Crippen LogP) is 3.94. The van der Waals surface area contributed by atoms with Gasteiger partial charge in [0, 0.05) is 17.3 Å². The van der Waals surface area contributed by atoms with E-state index in [4.69, 9.17) is 28.6 Å². The molecular formula is C18H22ClN3OS. The zero-order valence-electron chi connectivity index (χ0n) is 14.0. The molecule has 2 N–H and O–H groups in total. The highest BCUT2D eigenvalue weighted by Crippen LogP contribution is 2.21. The molecule has 0 fully saturated rings. The van der Waals surface area contributed by atoms with Crippen LogP contribution in [-0.4, -0.2) is 37.8 Å². The lowest BCUT2D eigenvalue weighted by Gasteiger charge is -2.26. The molecule has 0 heterocycles. The largest absolute Gasteiger partial charge is 0.497 e. The van der Waals surface area contributed by atoms with Gasteiger partial charge < -0.3 is 20.3 Å². The topological polar surface area (TPSA) is 36.5 Å². The van der Waals surface area contributed by atoms with Gasteiger partial charge in [0.2, 0.25) is 0 Å². The van der Waals surface area contributed by atoms with Gasteiger partial charge in [-0.3, -0.25) is 0 Å². The van der Waals surface area contributed by atoms with E-state index in [0.29, 0.717) is 16.7 Å². The Morgan fingerprint density at radius 1 is 1.12 bits per heavy atom. The van der Waals surface area contributed by atoms with Crippen LogP contribution in [-0.2, 0) is 0 Å². The van der Waals surface area contributed by atoms with Crippen LogP contribution in [0, 0.1) is 0 Å². The van der Waals surface area contributed by atoms with Gasteiger partial charge in [0.1, 0.15) is 5.75 Å². The highest BCUT2D eigenvalue weighted by Gasteiger charge is 2.14. The standard InChI is InChI=1S/C18H22ClN3OS/c1-22(2)17(13-4-10-16(23-3)11-5-13)12-20-18(24)21-15-8-6-14(19)7-9-15/h4-11,17H,12H2,1-3H3,(H2,20,21,24)/t17-/m1/s1.